The maximum Gasteiger partial charge on any atom is 0.310 e. The zero-order valence-corrected chi connectivity index (χ0v) is 12.6. The number of esters is 1. The molecule has 21 heavy (non-hydrogen) atoms. The van der Waals surface area contributed by atoms with Crippen LogP contribution in [0.3, 0.4) is 0 Å². The van der Waals surface area contributed by atoms with Crippen molar-refractivity contribution in [3.8, 4) is 0 Å². The average Bonchev–Trinajstić information content (AvgIpc) is 2.86. The first-order valence-electron chi connectivity index (χ1n) is 7.75. The standard InChI is InChI=1S/C15H24N2O4/c1-21-15(20)11-9-14(19)17(10-11)8-7-13(18)16-12-5-3-2-4-6-12/h11-12H,2-10H2,1H3,(H,16,18). The van der Waals surface area contributed by atoms with Gasteiger partial charge in [-0.3, -0.25) is 14.4 Å². The highest BCUT2D eigenvalue weighted by atomic mass is 16.5. The summed E-state index contributed by atoms with van der Waals surface area (Å²) in [5, 5.41) is 3.03. The van der Waals surface area contributed by atoms with Gasteiger partial charge < -0.3 is 15.0 Å². The van der Waals surface area contributed by atoms with E-state index < -0.39 is 0 Å². The maximum absolute atomic E-state index is 11.9. The summed E-state index contributed by atoms with van der Waals surface area (Å²) < 4.78 is 4.66. The van der Waals surface area contributed by atoms with Gasteiger partial charge in [0.05, 0.1) is 13.0 Å². The second kappa shape index (κ2) is 7.43. The number of nitrogens with zero attached hydrogens (tertiary/aromatic N) is 1. The molecule has 2 amide bonds. The molecule has 0 bridgehead atoms. The van der Waals surface area contributed by atoms with E-state index in [4.69, 9.17) is 0 Å². The van der Waals surface area contributed by atoms with Gasteiger partial charge in [0.25, 0.3) is 0 Å². The predicted octanol–water partition coefficient (Wildman–Crippen LogP) is 0.847. The fraction of sp³-hybridized carbons (Fsp3) is 0.800. The van der Waals surface area contributed by atoms with E-state index in [-0.39, 0.29) is 30.1 Å². The number of methoxy groups -OCH3 is 1. The van der Waals surface area contributed by atoms with Gasteiger partial charge in [-0.15, -0.1) is 0 Å². The van der Waals surface area contributed by atoms with Gasteiger partial charge in [-0.2, -0.15) is 0 Å². The lowest BCUT2D eigenvalue weighted by atomic mass is 9.95. The first-order valence-corrected chi connectivity index (χ1v) is 7.75. The molecule has 1 aliphatic heterocycles. The minimum Gasteiger partial charge on any atom is -0.469 e. The lowest BCUT2D eigenvalue weighted by molar-refractivity contribution is -0.145. The fourth-order valence-electron chi connectivity index (χ4n) is 3.10. The molecule has 1 saturated heterocycles. The van der Waals surface area contributed by atoms with Gasteiger partial charge in [0.2, 0.25) is 11.8 Å². The first-order chi connectivity index (χ1) is 10.1. The second-order valence-electron chi connectivity index (χ2n) is 5.92. The second-order valence-corrected chi connectivity index (χ2v) is 5.92. The van der Waals surface area contributed by atoms with Gasteiger partial charge in [-0.25, -0.2) is 0 Å². The van der Waals surface area contributed by atoms with Gasteiger partial charge in [-0.1, -0.05) is 19.3 Å². The monoisotopic (exact) mass is 296 g/mol. The predicted molar refractivity (Wildman–Crippen MR) is 76.3 cm³/mol. The van der Waals surface area contributed by atoms with Crippen molar-refractivity contribution in [1.29, 1.82) is 0 Å². The van der Waals surface area contributed by atoms with E-state index in [0.29, 0.717) is 25.6 Å². The molecule has 1 unspecified atom stereocenters. The molecule has 1 N–H and O–H groups in total. The molecular weight excluding hydrogens is 272 g/mol. The van der Waals surface area contributed by atoms with Crippen molar-refractivity contribution in [3.05, 3.63) is 0 Å². The van der Waals surface area contributed by atoms with Crippen molar-refractivity contribution in [2.75, 3.05) is 20.2 Å². The normalized spacial score (nSPS) is 23.2. The van der Waals surface area contributed by atoms with Crippen LogP contribution in [0.5, 0.6) is 0 Å². The van der Waals surface area contributed by atoms with Crippen molar-refractivity contribution < 1.29 is 19.1 Å². The Bertz CT molecular complexity index is 404. The summed E-state index contributed by atoms with van der Waals surface area (Å²) in [7, 11) is 1.33. The Labute approximate surface area is 125 Å². The average molecular weight is 296 g/mol. The van der Waals surface area contributed by atoms with Gasteiger partial charge in [0, 0.05) is 32.0 Å². The van der Waals surface area contributed by atoms with E-state index in [1.54, 1.807) is 4.90 Å². The van der Waals surface area contributed by atoms with E-state index in [0.717, 1.165) is 12.8 Å². The number of hydrogen-bond acceptors (Lipinski definition) is 4. The molecule has 2 fully saturated rings. The zero-order chi connectivity index (χ0) is 15.2. The van der Waals surface area contributed by atoms with Gasteiger partial charge in [-0.05, 0) is 12.8 Å². The Morgan fingerprint density at radius 3 is 2.67 bits per heavy atom. The van der Waals surface area contributed by atoms with Crippen molar-refractivity contribution in [1.82, 2.24) is 10.2 Å². The molecule has 0 spiro atoms. The third kappa shape index (κ3) is 4.44. The summed E-state index contributed by atoms with van der Waals surface area (Å²) in [6.45, 7) is 0.743. The molecule has 0 aromatic rings. The molecule has 0 radical (unpaired) electrons. The van der Waals surface area contributed by atoms with Crippen LogP contribution in [-0.4, -0.2) is 48.9 Å². The summed E-state index contributed by atoms with van der Waals surface area (Å²) >= 11 is 0. The molecule has 1 heterocycles. The molecular formula is C15H24N2O4. The number of likely N-dealkylation sites (tertiary alicyclic amines) is 1. The minimum absolute atomic E-state index is 0.00350. The van der Waals surface area contributed by atoms with Crippen LogP contribution >= 0.6 is 0 Å². The van der Waals surface area contributed by atoms with Gasteiger partial charge >= 0.3 is 5.97 Å². The number of carbonyl (C=O) groups excluding carboxylic acids is 3. The number of carbonyl (C=O) groups is 3. The summed E-state index contributed by atoms with van der Waals surface area (Å²) in [5.74, 6) is -0.812. The molecule has 2 aliphatic rings. The van der Waals surface area contributed by atoms with Crippen LogP contribution in [0.4, 0.5) is 0 Å². The summed E-state index contributed by atoms with van der Waals surface area (Å²) in [4.78, 5) is 36.7. The van der Waals surface area contributed by atoms with Crippen LogP contribution in [0.25, 0.3) is 0 Å². The molecule has 2 rings (SSSR count). The largest absolute Gasteiger partial charge is 0.469 e. The zero-order valence-electron chi connectivity index (χ0n) is 12.6. The molecule has 118 valence electrons. The number of rotatable bonds is 5. The Balaban J connectivity index is 1.71. The molecule has 1 atom stereocenters. The van der Waals surface area contributed by atoms with Crippen LogP contribution in [0.1, 0.15) is 44.9 Å². The molecule has 0 aromatic carbocycles. The number of amides is 2. The van der Waals surface area contributed by atoms with Crippen molar-refractivity contribution in [2.24, 2.45) is 5.92 Å². The van der Waals surface area contributed by atoms with Gasteiger partial charge in [0.1, 0.15) is 0 Å². The van der Waals surface area contributed by atoms with Crippen LogP contribution in [0.15, 0.2) is 0 Å². The lowest BCUT2D eigenvalue weighted by Gasteiger charge is -2.23. The van der Waals surface area contributed by atoms with E-state index in [1.165, 1.54) is 26.4 Å². The topological polar surface area (TPSA) is 75.7 Å². The smallest absolute Gasteiger partial charge is 0.310 e. The van der Waals surface area contributed by atoms with Crippen molar-refractivity contribution >= 4 is 17.8 Å². The van der Waals surface area contributed by atoms with E-state index in [1.807, 2.05) is 0 Å². The molecule has 6 heteroatoms. The van der Waals surface area contributed by atoms with Crippen LogP contribution in [0.2, 0.25) is 0 Å². The van der Waals surface area contributed by atoms with E-state index >= 15 is 0 Å². The maximum atomic E-state index is 11.9. The van der Waals surface area contributed by atoms with Crippen LogP contribution in [0, 0.1) is 5.92 Å². The first kappa shape index (κ1) is 15.8. The van der Waals surface area contributed by atoms with Crippen LogP contribution in [-0.2, 0) is 19.1 Å². The van der Waals surface area contributed by atoms with Crippen LogP contribution < -0.4 is 5.32 Å². The highest BCUT2D eigenvalue weighted by Crippen LogP contribution is 2.20. The minimum atomic E-state index is -0.385. The third-order valence-corrected chi connectivity index (χ3v) is 4.33. The SMILES string of the molecule is COC(=O)C1CC(=O)N(CCC(=O)NC2CCCCC2)C1. The fourth-order valence-corrected chi connectivity index (χ4v) is 3.10. The number of nitrogens with one attached hydrogen (secondary N) is 1. The number of ether oxygens (including phenoxy) is 1. The highest BCUT2D eigenvalue weighted by molar-refractivity contribution is 5.87. The molecule has 1 aliphatic carbocycles. The third-order valence-electron chi connectivity index (χ3n) is 4.33. The van der Waals surface area contributed by atoms with Gasteiger partial charge in [0.15, 0.2) is 0 Å². The Morgan fingerprint density at radius 2 is 2.00 bits per heavy atom. The molecule has 0 aromatic heterocycles. The van der Waals surface area contributed by atoms with Crippen molar-refractivity contribution in [2.45, 2.75) is 51.0 Å². The molecule has 6 nitrogen and oxygen atoms in total. The quantitative estimate of drug-likeness (QED) is 0.763. The Kier molecular flexibility index (Phi) is 5.59. The highest BCUT2D eigenvalue weighted by Gasteiger charge is 2.34. The van der Waals surface area contributed by atoms with E-state index in [2.05, 4.69) is 10.1 Å². The van der Waals surface area contributed by atoms with Crippen molar-refractivity contribution in [3.63, 3.8) is 0 Å². The Hall–Kier alpha value is -1.59. The summed E-state index contributed by atoms with van der Waals surface area (Å²) in [6.07, 6.45) is 6.21. The Morgan fingerprint density at radius 1 is 1.29 bits per heavy atom. The summed E-state index contributed by atoms with van der Waals surface area (Å²) in [5.41, 5.74) is 0. The van der Waals surface area contributed by atoms with E-state index in [9.17, 15) is 14.4 Å². The molecule has 1 saturated carbocycles. The summed E-state index contributed by atoms with van der Waals surface area (Å²) in [6, 6.07) is 0.295. The number of hydrogen-bond donors (Lipinski definition) is 1. The lowest BCUT2D eigenvalue weighted by Crippen LogP contribution is -2.38.